The van der Waals surface area contributed by atoms with E-state index in [0.717, 1.165) is 25.9 Å². The van der Waals surface area contributed by atoms with Crippen molar-refractivity contribution >= 4 is 5.91 Å². The van der Waals surface area contributed by atoms with Gasteiger partial charge in [-0.3, -0.25) is 4.79 Å². The van der Waals surface area contributed by atoms with Gasteiger partial charge in [-0.05, 0) is 34.9 Å². The summed E-state index contributed by atoms with van der Waals surface area (Å²) in [5.41, 5.74) is 4.25. The summed E-state index contributed by atoms with van der Waals surface area (Å²) in [5.74, 6) is 0.160. The zero-order valence-corrected chi connectivity index (χ0v) is 12.9. The smallest absolute Gasteiger partial charge is 0.220 e. The molecule has 0 saturated heterocycles. The van der Waals surface area contributed by atoms with Gasteiger partial charge in [0.25, 0.3) is 0 Å². The molecular formula is C17H26N2O. The molecule has 0 radical (unpaired) electrons. The third-order valence-electron chi connectivity index (χ3n) is 3.72. The topological polar surface area (TPSA) is 41.1 Å². The molecule has 0 aromatic heterocycles. The molecule has 1 aromatic rings. The fourth-order valence-electron chi connectivity index (χ4n) is 2.53. The van der Waals surface area contributed by atoms with Crippen LogP contribution in [0.3, 0.4) is 0 Å². The molecule has 0 fully saturated rings. The number of benzene rings is 1. The molecule has 1 aromatic carbocycles. The van der Waals surface area contributed by atoms with Gasteiger partial charge in [-0.2, -0.15) is 0 Å². The van der Waals surface area contributed by atoms with Gasteiger partial charge >= 0.3 is 0 Å². The lowest BCUT2D eigenvalue weighted by Crippen LogP contribution is -2.22. The van der Waals surface area contributed by atoms with Crippen LogP contribution in [0.25, 0.3) is 0 Å². The van der Waals surface area contributed by atoms with Crippen LogP contribution in [-0.2, 0) is 24.4 Å². The van der Waals surface area contributed by atoms with E-state index < -0.39 is 0 Å². The fourth-order valence-corrected chi connectivity index (χ4v) is 2.53. The van der Waals surface area contributed by atoms with Gasteiger partial charge in [-0.15, -0.1) is 0 Å². The Morgan fingerprint density at radius 3 is 2.75 bits per heavy atom. The quantitative estimate of drug-likeness (QED) is 0.866. The Labute approximate surface area is 122 Å². The standard InChI is InChI=1S/C17H26N2O/c1-17(2,3)8-4-5-16(20)19-10-13-6-7-14-11-18-12-15(14)9-13/h6-7,9,18H,4-5,8,10-12H2,1-3H3,(H,19,20). The highest BCUT2D eigenvalue weighted by Gasteiger charge is 2.12. The molecule has 0 unspecified atom stereocenters. The third kappa shape index (κ3) is 4.64. The van der Waals surface area contributed by atoms with Gasteiger partial charge in [0.1, 0.15) is 0 Å². The van der Waals surface area contributed by atoms with Gasteiger partial charge in [0.2, 0.25) is 5.91 Å². The van der Waals surface area contributed by atoms with E-state index >= 15 is 0 Å². The van der Waals surface area contributed by atoms with Crippen molar-refractivity contribution in [1.82, 2.24) is 10.6 Å². The van der Waals surface area contributed by atoms with Gasteiger partial charge < -0.3 is 10.6 Å². The molecule has 2 rings (SSSR count). The number of amides is 1. The summed E-state index contributed by atoms with van der Waals surface area (Å²) in [4.78, 5) is 11.8. The largest absolute Gasteiger partial charge is 0.352 e. The molecule has 3 nitrogen and oxygen atoms in total. The Balaban J connectivity index is 1.73. The molecule has 0 bridgehead atoms. The average molecular weight is 274 g/mol. The Hall–Kier alpha value is -1.35. The minimum absolute atomic E-state index is 0.160. The first-order valence-electron chi connectivity index (χ1n) is 7.52. The van der Waals surface area contributed by atoms with Crippen LogP contribution in [0.1, 0.15) is 56.7 Å². The Morgan fingerprint density at radius 2 is 2.00 bits per heavy atom. The molecular weight excluding hydrogens is 248 g/mol. The molecule has 1 heterocycles. The summed E-state index contributed by atoms with van der Waals surface area (Å²) in [7, 11) is 0. The van der Waals surface area contributed by atoms with Crippen molar-refractivity contribution in [3.05, 3.63) is 34.9 Å². The highest BCUT2D eigenvalue weighted by molar-refractivity contribution is 5.75. The second-order valence-corrected chi connectivity index (χ2v) is 6.90. The van der Waals surface area contributed by atoms with Gasteiger partial charge in [-0.1, -0.05) is 39.0 Å². The van der Waals surface area contributed by atoms with Crippen molar-refractivity contribution in [2.45, 2.75) is 59.7 Å². The maximum absolute atomic E-state index is 11.8. The number of nitrogens with one attached hydrogen (secondary N) is 2. The van der Waals surface area contributed by atoms with Crippen LogP contribution in [0.2, 0.25) is 0 Å². The maximum atomic E-state index is 11.8. The molecule has 3 heteroatoms. The first kappa shape index (κ1) is 15.0. The van der Waals surface area contributed by atoms with E-state index in [1.54, 1.807) is 0 Å². The predicted octanol–water partition coefficient (Wildman–Crippen LogP) is 3.12. The van der Waals surface area contributed by atoms with Crippen LogP contribution in [-0.4, -0.2) is 5.91 Å². The second-order valence-electron chi connectivity index (χ2n) is 6.90. The van der Waals surface area contributed by atoms with E-state index in [1.807, 2.05) is 0 Å². The number of carbonyl (C=O) groups excluding carboxylic acids is 1. The molecule has 1 aliphatic rings. The van der Waals surface area contributed by atoms with E-state index in [4.69, 9.17) is 0 Å². The molecule has 0 spiro atoms. The third-order valence-corrected chi connectivity index (χ3v) is 3.72. The first-order valence-corrected chi connectivity index (χ1v) is 7.52. The van der Waals surface area contributed by atoms with Crippen molar-refractivity contribution in [3.8, 4) is 0 Å². The van der Waals surface area contributed by atoms with E-state index in [2.05, 4.69) is 49.6 Å². The van der Waals surface area contributed by atoms with Crippen molar-refractivity contribution in [2.75, 3.05) is 0 Å². The van der Waals surface area contributed by atoms with E-state index in [0.29, 0.717) is 18.4 Å². The van der Waals surface area contributed by atoms with Crippen LogP contribution in [0.4, 0.5) is 0 Å². The molecule has 1 amide bonds. The maximum Gasteiger partial charge on any atom is 0.220 e. The number of hydrogen-bond acceptors (Lipinski definition) is 2. The molecule has 20 heavy (non-hydrogen) atoms. The normalized spacial score (nSPS) is 14.2. The molecule has 1 aliphatic heterocycles. The lowest BCUT2D eigenvalue weighted by atomic mass is 9.90. The van der Waals surface area contributed by atoms with Crippen molar-refractivity contribution in [2.24, 2.45) is 5.41 Å². The zero-order chi connectivity index (χ0) is 14.6. The summed E-state index contributed by atoms with van der Waals surface area (Å²) in [6.07, 6.45) is 2.68. The van der Waals surface area contributed by atoms with Crippen LogP contribution in [0.5, 0.6) is 0 Å². The highest BCUT2D eigenvalue weighted by atomic mass is 16.1. The van der Waals surface area contributed by atoms with E-state index in [9.17, 15) is 4.79 Å². The minimum atomic E-state index is 0.160. The van der Waals surface area contributed by atoms with Gasteiger partial charge in [0, 0.05) is 26.1 Å². The van der Waals surface area contributed by atoms with Crippen molar-refractivity contribution < 1.29 is 4.79 Å². The average Bonchev–Trinajstić information content (AvgIpc) is 2.82. The van der Waals surface area contributed by atoms with Crippen LogP contribution in [0, 0.1) is 5.41 Å². The lowest BCUT2D eigenvalue weighted by molar-refractivity contribution is -0.121. The van der Waals surface area contributed by atoms with E-state index in [-0.39, 0.29) is 5.91 Å². The number of fused-ring (bicyclic) bond motifs is 1. The molecule has 0 aliphatic carbocycles. The number of carbonyl (C=O) groups is 1. The summed E-state index contributed by atoms with van der Waals surface area (Å²) < 4.78 is 0. The summed E-state index contributed by atoms with van der Waals surface area (Å²) in [6, 6.07) is 6.47. The van der Waals surface area contributed by atoms with Crippen LogP contribution < -0.4 is 10.6 Å². The first-order chi connectivity index (χ1) is 9.44. The zero-order valence-electron chi connectivity index (χ0n) is 12.9. The highest BCUT2D eigenvalue weighted by Crippen LogP contribution is 2.21. The Bertz CT molecular complexity index is 474. The van der Waals surface area contributed by atoms with Crippen LogP contribution >= 0.6 is 0 Å². The second kappa shape index (κ2) is 6.40. The summed E-state index contributed by atoms with van der Waals surface area (Å²) >= 11 is 0. The van der Waals surface area contributed by atoms with Crippen molar-refractivity contribution in [1.29, 1.82) is 0 Å². The number of hydrogen-bond donors (Lipinski definition) is 2. The van der Waals surface area contributed by atoms with Gasteiger partial charge in [-0.25, -0.2) is 0 Å². The minimum Gasteiger partial charge on any atom is -0.352 e. The fraction of sp³-hybridized carbons (Fsp3) is 0.588. The molecule has 2 N–H and O–H groups in total. The summed E-state index contributed by atoms with van der Waals surface area (Å²) in [6.45, 7) is 9.19. The van der Waals surface area contributed by atoms with Gasteiger partial charge in [0.15, 0.2) is 0 Å². The van der Waals surface area contributed by atoms with Crippen molar-refractivity contribution in [3.63, 3.8) is 0 Å². The summed E-state index contributed by atoms with van der Waals surface area (Å²) in [5, 5.41) is 6.35. The molecule has 0 saturated carbocycles. The monoisotopic (exact) mass is 274 g/mol. The Morgan fingerprint density at radius 1 is 1.25 bits per heavy atom. The number of rotatable bonds is 5. The Kier molecular flexibility index (Phi) is 4.81. The molecule has 110 valence electrons. The SMILES string of the molecule is CC(C)(C)CCCC(=O)NCc1ccc2c(c1)CNC2. The molecule has 0 atom stereocenters. The van der Waals surface area contributed by atoms with Gasteiger partial charge in [0.05, 0.1) is 0 Å². The van der Waals surface area contributed by atoms with E-state index in [1.165, 1.54) is 16.7 Å². The van der Waals surface area contributed by atoms with Crippen LogP contribution in [0.15, 0.2) is 18.2 Å². The predicted molar refractivity (Wildman–Crippen MR) is 82.1 cm³/mol. The lowest BCUT2D eigenvalue weighted by Gasteiger charge is -2.17.